The van der Waals surface area contributed by atoms with Gasteiger partial charge in [-0.25, -0.2) is 0 Å². The van der Waals surface area contributed by atoms with Crippen molar-refractivity contribution in [3.05, 3.63) is 24.0 Å². The molecule has 0 spiro atoms. The summed E-state index contributed by atoms with van der Waals surface area (Å²) in [5.41, 5.74) is 1.14. The number of amides is 3. The van der Waals surface area contributed by atoms with Gasteiger partial charge in [-0.05, 0) is 37.3 Å². The molecule has 3 N–H and O–H groups in total. The van der Waals surface area contributed by atoms with Crippen LogP contribution in [0.5, 0.6) is 0 Å². The summed E-state index contributed by atoms with van der Waals surface area (Å²) in [6.45, 7) is 1.86. The number of anilines is 1. The molecule has 2 saturated heterocycles. The maximum absolute atomic E-state index is 12.4. The summed E-state index contributed by atoms with van der Waals surface area (Å²) in [6.07, 6.45) is 3.91. The second-order valence-electron chi connectivity index (χ2n) is 6.49. The maximum Gasteiger partial charge on any atom is 0.270 e. The Balaban J connectivity index is 1.64. The monoisotopic (exact) mass is 346 g/mol. The van der Waals surface area contributed by atoms with E-state index in [9.17, 15) is 19.5 Å². The lowest BCUT2D eigenvalue weighted by atomic mass is 9.97. The van der Waals surface area contributed by atoms with Crippen molar-refractivity contribution in [3.8, 4) is 0 Å². The number of piperidine rings is 2. The maximum atomic E-state index is 12.4. The average Bonchev–Trinajstić information content (AvgIpc) is 2.64. The molecule has 3 amide bonds. The molecule has 3 heterocycles. The lowest BCUT2D eigenvalue weighted by Gasteiger charge is -2.33. The Bertz CT molecular complexity index is 670. The number of nitrogens with one attached hydrogen (secondary N) is 2. The van der Waals surface area contributed by atoms with Crippen molar-refractivity contribution >= 4 is 23.4 Å². The smallest absolute Gasteiger partial charge is 0.270 e. The van der Waals surface area contributed by atoms with Gasteiger partial charge in [0.05, 0.1) is 0 Å². The number of aliphatic hydroxyl groups is 1. The molecule has 1 aromatic rings. The van der Waals surface area contributed by atoms with E-state index >= 15 is 0 Å². The van der Waals surface area contributed by atoms with Crippen molar-refractivity contribution in [2.24, 2.45) is 5.92 Å². The molecule has 2 fully saturated rings. The quantitative estimate of drug-likeness (QED) is 0.653. The Morgan fingerprint density at radius 1 is 1.32 bits per heavy atom. The zero-order valence-electron chi connectivity index (χ0n) is 13.9. The molecule has 0 aliphatic carbocycles. The number of hydrogen-bond donors (Lipinski definition) is 3. The number of imide groups is 1. The Morgan fingerprint density at radius 3 is 2.76 bits per heavy atom. The lowest BCUT2D eigenvalue weighted by molar-refractivity contribution is -0.134. The van der Waals surface area contributed by atoms with Crippen LogP contribution in [0.3, 0.4) is 0 Å². The molecular weight excluding hydrogens is 324 g/mol. The third kappa shape index (κ3) is 4.14. The summed E-state index contributed by atoms with van der Waals surface area (Å²) < 4.78 is 0. The van der Waals surface area contributed by atoms with Crippen molar-refractivity contribution in [3.63, 3.8) is 0 Å². The fourth-order valence-corrected chi connectivity index (χ4v) is 3.18. The largest absolute Gasteiger partial charge is 0.396 e. The van der Waals surface area contributed by atoms with E-state index in [4.69, 9.17) is 0 Å². The minimum atomic E-state index is -0.712. The number of pyridine rings is 1. The first-order valence-electron chi connectivity index (χ1n) is 8.53. The van der Waals surface area contributed by atoms with Crippen LogP contribution in [0.4, 0.5) is 5.69 Å². The van der Waals surface area contributed by atoms with Crippen molar-refractivity contribution in [2.45, 2.75) is 31.7 Å². The summed E-state index contributed by atoms with van der Waals surface area (Å²) in [5, 5.41) is 14.1. The molecule has 0 saturated carbocycles. The molecule has 1 unspecified atom stereocenters. The van der Waals surface area contributed by atoms with Gasteiger partial charge in [-0.2, -0.15) is 0 Å². The average molecular weight is 346 g/mol. The molecule has 0 radical (unpaired) electrons. The molecule has 3 rings (SSSR count). The van der Waals surface area contributed by atoms with Crippen molar-refractivity contribution in [1.82, 2.24) is 15.6 Å². The van der Waals surface area contributed by atoms with Gasteiger partial charge in [0.1, 0.15) is 11.7 Å². The predicted octanol–water partition coefficient (Wildman–Crippen LogP) is -0.175. The highest BCUT2D eigenvalue weighted by Gasteiger charge is 2.28. The van der Waals surface area contributed by atoms with Crippen LogP contribution in [-0.4, -0.2) is 53.6 Å². The molecule has 2 aliphatic heterocycles. The first-order valence-corrected chi connectivity index (χ1v) is 8.53. The highest BCUT2D eigenvalue weighted by Crippen LogP contribution is 2.23. The van der Waals surface area contributed by atoms with E-state index in [1.54, 1.807) is 12.3 Å². The van der Waals surface area contributed by atoms with E-state index in [-0.39, 0.29) is 24.6 Å². The van der Waals surface area contributed by atoms with Crippen molar-refractivity contribution in [1.29, 1.82) is 0 Å². The predicted molar refractivity (Wildman–Crippen MR) is 89.9 cm³/mol. The summed E-state index contributed by atoms with van der Waals surface area (Å²) in [6, 6.07) is 2.85. The number of hydrogen-bond acceptors (Lipinski definition) is 6. The highest BCUT2D eigenvalue weighted by atomic mass is 16.3. The standard InChI is InChI=1S/C17H22N4O4/c22-10-11-4-7-21(8-5-11)12-3-6-18-14(9-12)17(25)19-13-1-2-15(23)20-16(13)24/h3,6,9,11,13,22H,1-2,4-5,7-8,10H2,(H,19,25)(H,20,23,24). The molecule has 2 aliphatic rings. The van der Waals surface area contributed by atoms with E-state index in [0.29, 0.717) is 12.3 Å². The molecule has 134 valence electrons. The van der Waals surface area contributed by atoms with Gasteiger partial charge in [0.2, 0.25) is 11.8 Å². The van der Waals surface area contributed by atoms with Gasteiger partial charge in [0, 0.05) is 38.0 Å². The summed E-state index contributed by atoms with van der Waals surface area (Å²) in [5.74, 6) is -0.885. The number of nitrogens with zero attached hydrogens (tertiary/aromatic N) is 2. The summed E-state index contributed by atoms with van der Waals surface area (Å²) in [4.78, 5) is 41.6. The van der Waals surface area contributed by atoms with Crippen LogP contribution in [0.2, 0.25) is 0 Å². The molecule has 8 heteroatoms. The van der Waals surface area contributed by atoms with Gasteiger partial charge in [-0.3, -0.25) is 24.7 Å². The Morgan fingerprint density at radius 2 is 2.08 bits per heavy atom. The third-order valence-electron chi connectivity index (χ3n) is 4.76. The lowest BCUT2D eigenvalue weighted by Crippen LogP contribution is -2.52. The summed E-state index contributed by atoms with van der Waals surface area (Å²) in [7, 11) is 0. The van der Waals surface area contributed by atoms with Crippen LogP contribution in [0.15, 0.2) is 18.3 Å². The SMILES string of the molecule is O=C1CCC(NC(=O)c2cc(N3CCC(CO)CC3)ccn2)C(=O)N1. The van der Waals surface area contributed by atoms with Gasteiger partial charge in [0.15, 0.2) is 0 Å². The number of rotatable bonds is 4. The topological polar surface area (TPSA) is 112 Å². The minimum Gasteiger partial charge on any atom is -0.396 e. The second kappa shape index (κ2) is 7.60. The van der Waals surface area contributed by atoms with Gasteiger partial charge in [0.25, 0.3) is 5.91 Å². The van der Waals surface area contributed by atoms with Crippen molar-refractivity contribution in [2.75, 3.05) is 24.6 Å². The summed E-state index contributed by atoms with van der Waals surface area (Å²) >= 11 is 0. The van der Waals surface area contributed by atoms with E-state index < -0.39 is 17.9 Å². The molecule has 25 heavy (non-hydrogen) atoms. The molecule has 0 aromatic carbocycles. The molecular formula is C17H22N4O4. The van der Waals surface area contributed by atoms with E-state index in [1.807, 2.05) is 6.07 Å². The van der Waals surface area contributed by atoms with Gasteiger partial charge in [-0.1, -0.05) is 0 Å². The van der Waals surface area contributed by atoms with Crippen LogP contribution in [0, 0.1) is 5.92 Å². The van der Waals surface area contributed by atoms with Crippen LogP contribution in [0.25, 0.3) is 0 Å². The zero-order chi connectivity index (χ0) is 17.8. The van der Waals surface area contributed by atoms with Gasteiger partial charge >= 0.3 is 0 Å². The van der Waals surface area contributed by atoms with Crippen molar-refractivity contribution < 1.29 is 19.5 Å². The molecule has 1 atom stereocenters. The Kier molecular flexibility index (Phi) is 5.28. The van der Waals surface area contributed by atoms with Crippen LogP contribution in [-0.2, 0) is 9.59 Å². The molecule has 1 aromatic heterocycles. The Labute approximate surface area is 145 Å². The van der Waals surface area contributed by atoms with E-state index in [0.717, 1.165) is 31.6 Å². The minimum absolute atomic E-state index is 0.212. The van der Waals surface area contributed by atoms with E-state index in [1.165, 1.54) is 0 Å². The number of carbonyl (C=O) groups is 3. The number of carbonyl (C=O) groups excluding carboxylic acids is 3. The normalized spacial score (nSPS) is 21.8. The first-order chi connectivity index (χ1) is 12.1. The second-order valence-corrected chi connectivity index (χ2v) is 6.49. The Hall–Kier alpha value is -2.48. The number of aliphatic hydroxyl groups excluding tert-OH is 1. The zero-order valence-corrected chi connectivity index (χ0v) is 13.9. The molecule has 0 bridgehead atoms. The van der Waals surface area contributed by atoms with Crippen LogP contribution >= 0.6 is 0 Å². The number of aromatic nitrogens is 1. The van der Waals surface area contributed by atoms with Gasteiger partial charge in [-0.15, -0.1) is 0 Å². The fourth-order valence-electron chi connectivity index (χ4n) is 3.18. The van der Waals surface area contributed by atoms with Gasteiger partial charge < -0.3 is 15.3 Å². The molecule has 8 nitrogen and oxygen atoms in total. The van der Waals surface area contributed by atoms with Crippen LogP contribution in [0.1, 0.15) is 36.2 Å². The highest BCUT2D eigenvalue weighted by molar-refractivity contribution is 6.03. The van der Waals surface area contributed by atoms with E-state index in [2.05, 4.69) is 20.5 Å². The third-order valence-corrected chi connectivity index (χ3v) is 4.76. The fraction of sp³-hybridized carbons (Fsp3) is 0.529. The van der Waals surface area contributed by atoms with Crippen LogP contribution < -0.4 is 15.5 Å². The first kappa shape index (κ1) is 17.3.